The van der Waals surface area contributed by atoms with Gasteiger partial charge in [0, 0.05) is 17.7 Å². The molecule has 0 bridgehead atoms. The maximum absolute atomic E-state index is 13.4. The first-order valence-electron chi connectivity index (χ1n) is 14.1. The lowest BCUT2D eigenvalue weighted by Crippen LogP contribution is -2.41. The number of nitrogens with two attached hydrogens (primary N) is 1. The minimum absolute atomic E-state index is 0.0796. The molecule has 39 heavy (non-hydrogen) atoms. The molecule has 2 saturated carbocycles. The van der Waals surface area contributed by atoms with Crippen LogP contribution in [0.4, 0.5) is 0 Å². The second kappa shape index (κ2) is 11.2. The highest BCUT2D eigenvalue weighted by atomic mass is 31.2. The standard InChI is InChI=1S/C30H46N3O5P/c1-19-26(20(2)33(32-19)18-36-39(35,37-29(3,4)5)38-30(6,7)8)22-11-9-21(10-12-22)17-25(34)28(31)27(23-13-14-23)24-15-16-24/h9-12,23-24,27-28H,13-18,31H2,1-8H3/t28-/m1/s1. The van der Waals surface area contributed by atoms with Crippen LogP contribution in [-0.2, 0) is 36.1 Å². The second-order valence-electron chi connectivity index (χ2n) is 13.3. The summed E-state index contributed by atoms with van der Waals surface area (Å²) in [6.45, 7) is 14.6. The smallest absolute Gasteiger partial charge is 0.321 e. The number of hydrogen-bond acceptors (Lipinski definition) is 7. The molecule has 8 nitrogen and oxygen atoms in total. The average Bonchev–Trinajstić information content (AvgIpc) is 3.71. The molecule has 1 aromatic heterocycles. The molecule has 2 aliphatic rings. The van der Waals surface area contributed by atoms with E-state index in [0.29, 0.717) is 24.2 Å². The number of carbonyl (C=O) groups is 1. The van der Waals surface area contributed by atoms with E-state index in [9.17, 15) is 9.36 Å². The second-order valence-corrected chi connectivity index (χ2v) is 14.8. The molecular formula is C30H46N3O5P. The fraction of sp³-hybridized carbons (Fsp3) is 0.667. The number of aryl methyl sites for hydroxylation is 1. The average molecular weight is 560 g/mol. The van der Waals surface area contributed by atoms with Gasteiger partial charge in [-0.3, -0.25) is 18.4 Å². The van der Waals surface area contributed by atoms with Crippen molar-refractivity contribution in [2.75, 3.05) is 0 Å². The zero-order valence-electron chi connectivity index (χ0n) is 24.8. The molecule has 2 aliphatic carbocycles. The van der Waals surface area contributed by atoms with E-state index < -0.39 is 19.0 Å². The highest BCUT2D eigenvalue weighted by molar-refractivity contribution is 7.48. The zero-order chi connectivity index (χ0) is 28.8. The molecule has 1 atom stereocenters. The summed E-state index contributed by atoms with van der Waals surface area (Å²) in [5.41, 5.74) is 9.66. The maximum Gasteiger partial charge on any atom is 0.477 e. The van der Waals surface area contributed by atoms with E-state index in [1.165, 1.54) is 25.7 Å². The van der Waals surface area contributed by atoms with Gasteiger partial charge in [0.05, 0.1) is 22.9 Å². The van der Waals surface area contributed by atoms with E-state index in [1.807, 2.05) is 38.1 Å². The van der Waals surface area contributed by atoms with Crippen molar-refractivity contribution in [3.05, 3.63) is 41.2 Å². The molecule has 0 aliphatic heterocycles. The molecular weight excluding hydrogens is 513 g/mol. The summed E-state index contributed by atoms with van der Waals surface area (Å²) in [6, 6.07) is 7.68. The molecule has 0 saturated heterocycles. The Labute approximate surface area is 233 Å². The van der Waals surface area contributed by atoms with Crippen molar-refractivity contribution in [1.29, 1.82) is 0 Å². The first-order valence-corrected chi connectivity index (χ1v) is 15.6. The zero-order valence-corrected chi connectivity index (χ0v) is 25.7. The van der Waals surface area contributed by atoms with Crippen LogP contribution in [0.2, 0.25) is 0 Å². The van der Waals surface area contributed by atoms with Crippen molar-refractivity contribution in [1.82, 2.24) is 9.78 Å². The number of hydrogen-bond donors (Lipinski definition) is 1. The molecule has 9 heteroatoms. The molecule has 0 unspecified atom stereocenters. The Bertz CT molecular complexity index is 1180. The molecule has 2 fully saturated rings. The van der Waals surface area contributed by atoms with Crippen LogP contribution < -0.4 is 5.73 Å². The van der Waals surface area contributed by atoms with Gasteiger partial charge in [-0.1, -0.05) is 24.3 Å². The Balaban J connectivity index is 1.44. The number of rotatable bonds is 12. The maximum atomic E-state index is 13.4. The first kappa shape index (κ1) is 30.1. The molecule has 4 rings (SSSR count). The summed E-state index contributed by atoms with van der Waals surface area (Å²) in [5, 5.41) is 4.63. The van der Waals surface area contributed by atoms with Gasteiger partial charge in [-0.25, -0.2) is 9.25 Å². The lowest BCUT2D eigenvalue weighted by molar-refractivity contribution is -0.121. The van der Waals surface area contributed by atoms with Gasteiger partial charge in [-0.2, -0.15) is 5.10 Å². The number of Topliss-reactive ketones (excluding diaryl/α,β-unsaturated/α-hetero) is 1. The highest BCUT2D eigenvalue weighted by Crippen LogP contribution is 2.55. The first-order chi connectivity index (χ1) is 18.1. The summed E-state index contributed by atoms with van der Waals surface area (Å²) < 4.78 is 32.3. The lowest BCUT2D eigenvalue weighted by Gasteiger charge is -2.30. The Morgan fingerprint density at radius 2 is 1.51 bits per heavy atom. The van der Waals surface area contributed by atoms with Crippen LogP contribution in [0.1, 0.15) is 84.2 Å². The predicted octanol–water partition coefficient (Wildman–Crippen LogP) is 6.75. The van der Waals surface area contributed by atoms with E-state index in [4.69, 9.17) is 19.3 Å². The number of carbonyl (C=O) groups excluding carboxylic acids is 1. The van der Waals surface area contributed by atoms with Crippen molar-refractivity contribution >= 4 is 13.6 Å². The molecule has 2 aromatic rings. The number of benzene rings is 1. The van der Waals surface area contributed by atoms with E-state index in [-0.39, 0.29) is 18.6 Å². The minimum Gasteiger partial charge on any atom is -0.321 e. The number of nitrogens with zero attached hydrogens (tertiary/aromatic N) is 2. The van der Waals surface area contributed by atoms with E-state index >= 15 is 0 Å². The van der Waals surface area contributed by atoms with E-state index in [2.05, 4.69) is 5.10 Å². The molecule has 0 amide bonds. The molecule has 216 valence electrons. The van der Waals surface area contributed by atoms with E-state index in [0.717, 1.165) is 28.1 Å². The molecule has 0 spiro atoms. The Morgan fingerprint density at radius 1 is 1.00 bits per heavy atom. The number of phosphoric acid groups is 1. The van der Waals surface area contributed by atoms with Gasteiger partial charge in [-0.05, 0) is 110 Å². The summed E-state index contributed by atoms with van der Waals surface area (Å²) in [7, 11) is -3.87. The van der Waals surface area contributed by atoms with Gasteiger partial charge in [0.2, 0.25) is 0 Å². The monoisotopic (exact) mass is 559 g/mol. The summed E-state index contributed by atoms with van der Waals surface area (Å²) >= 11 is 0. The number of phosphoric ester groups is 1. The third kappa shape index (κ3) is 8.11. The fourth-order valence-corrected chi connectivity index (χ4v) is 7.10. The normalized spacial score (nSPS) is 17.6. The lowest BCUT2D eigenvalue weighted by atomic mass is 9.85. The minimum atomic E-state index is -3.87. The van der Waals surface area contributed by atoms with E-state index in [1.54, 1.807) is 46.2 Å². The SMILES string of the molecule is Cc1nn(COP(=O)(OC(C)(C)C)OC(C)(C)C)c(C)c1-c1ccc(CC(=O)[C@@H](N)C(C2CC2)C2CC2)cc1. The number of aromatic nitrogens is 2. The van der Waals surface area contributed by atoms with Crippen LogP contribution in [0, 0.1) is 31.6 Å². The van der Waals surface area contributed by atoms with Crippen LogP contribution in [0.3, 0.4) is 0 Å². The third-order valence-electron chi connectivity index (χ3n) is 7.23. The van der Waals surface area contributed by atoms with Crippen LogP contribution in [-0.4, -0.2) is 32.8 Å². The molecule has 2 N–H and O–H groups in total. The van der Waals surface area contributed by atoms with Crippen LogP contribution in [0.5, 0.6) is 0 Å². The van der Waals surface area contributed by atoms with Gasteiger partial charge in [0.25, 0.3) is 0 Å². The van der Waals surface area contributed by atoms with Gasteiger partial charge in [0.15, 0.2) is 12.5 Å². The Morgan fingerprint density at radius 3 is 1.97 bits per heavy atom. The van der Waals surface area contributed by atoms with Crippen molar-refractivity contribution in [3.8, 4) is 11.1 Å². The van der Waals surface area contributed by atoms with Crippen LogP contribution >= 0.6 is 7.82 Å². The Hall–Kier alpha value is -1.83. The molecule has 1 aromatic carbocycles. The summed E-state index contributed by atoms with van der Waals surface area (Å²) in [5.74, 6) is 1.81. The number of ketones is 1. The largest absolute Gasteiger partial charge is 0.477 e. The van der Waals surface area contributed by atoms with Crippen molar-refractivity contribution < 1.29 is 22.9 Å². The van der Waals surface area contributed by atoms with Gasteiger partial charge in [0.1, 0.15) is 0 Å². The topological polar surface area (TPSA) is 106 Å². The molecule has 1 heterocycles. The predicted molar refractivity (Wildman–Crippen MR) is 153 cm³/mol. The third-order valence-corrected chi connectivity index (χ3v) is 9.21. The quantitative estimate of drug-likeness (QED) is 0.287. The van der Waals surface area contributed by atoms with Crippen LogP contribution in [0.25, 0.3) is 11.1 Å². The van der Waals surface area contributed by atoms with Crippen molar-refractivity contribution in [2.45, 2.75) is 111 Å². The van der Waals surface area contributed by atoms with Crippen molar-refractivity contribution in [3.63, 3.8) is 0 Å². The van der Waals surface area contributed by atoms with Gasteiger partial charge < -0.3 is 5.73 Å². The fourth-order valence-electron chi connectivity index (χ4n) is 5.36. The summed E-state index contributed by atoms with van der Waals surface area (Å²) in [6.07, 6.45) is 5.25. The van der Waals surface area contributed by atoms with Gasteiger partial charge >= 0.3 is 7.82 Å². The highest BCUT2D eigenvalue weighted by Gasteiger charge is 2.46. The van der Waals surface area contributed by atoms with Crippen molar-refractivity contribution in [2.24, 2.45) is 23.5 Å². The molecule has 0 radical (unpaired) electrons. The van der Waals surface area contributed by atoms with Crippen LogP contribution in [0.15, 0.2) is 24.3 Å². The summed E-state index contributed by atoms with van der Waals surface area (Å²) in [4.78, 5) is 13.0. The Kier molecular flexibility index (Phi) is 8.66. The van der Waals surface area contributed by atoms with Gasteiger partial charge in [-0.15, -0.1) is 0 Å².